The van der Waals surface area contributed by atoms with Crippen LogP contribution >= 0.6 is 11.5 Å². The van der Waals surface area contributed by atoms with Gasteiger partial charge in [-0.15, -0.1) is 0 Å². The Labute approximate surface area is 162 Å². The molecular weight excluding hydrogens is 366 g/mol. The molecule has 1 saturated heterocycles. The van der Waals surface area contributed by atoms with Crippen LogP contribution in [0.2, 0.25) is 0 Å². The summed E-state index contributed by atoms with van der Waals surface area (Å²) in [5.41, 5.74) is 1.19. The number of nitrogens with zero attached hydrogens (tertiary/aromatic N) is 4. The minimum absolute atomic E-state index is 0.105. The molecule has 1 aliphatic rings. The Bertz CT molecular complexity index is 759. The molecule has 2 heterocycles. The minimum atomic E-state index is -0.427. The van der Waals surface area contributed by atoms with Crippen LogP contribution in [0.25, 0.3) is 0 Å². The van der Waals surface area contributed by atoms with Gasteiger partial charge in [-0.3, -0.25) is 4.79 Å². The smallest absolute Gasteiger partial charge is 0.325 e. The van der Waals surface area contributed by atoms with Gasteiger partial charge in [-0.05, 0) is 12.5 Å². The number of hydrogen-bond acceptors (Lipinski definition) is 7. The van der Waals surface area contributed by atoms with Gasteiger partial charge in [-0.2, -0.15) is 4.37 Å². The zero-order valence-electron chi connectivity index (χ0n) is 15.3. The number of nitrogens with one attached hydrogen (secondary N) is 1. The average Bonchev–Trinajstić information content (AvgIpc) is 3.16. The molecule has 0 saturated carbocycles. The molecule has 1 aromatic heterocycles. The fourth-order valence-electron chi connectivity index (χ4n) is 2.80. The predicted molar refractivity (Wildman–Crippen MR) is 103 cm³/mol. The number of aromatic nitrogens is 2. The molecule has 0 unspecified atom stereocenters. The molecule has 1 fully saturated rings. The van der Waals surface area contributed by atoms with Crippen LogP contribution in [0.1, 0.15) is 18.3 Å². The lowest BCUT2D eigenvalue weighted by Crippen LogP contribution is -2.52. The second-order valence-corrected chi connectivity index (χ2v) is 6.82. The SMILES string of the molecule is CCOC(=O)CNC(=O)N1CCN(c2nc(Cc3ccccc3)ns2)CC1. The summed E-state index contributed by atoms with van der Waals surface area (Å²) in [6.07, 6.45) is 0.716. The summed E-state index contributed by atoms with van der Waals surface area (Å²) in [7, 11) is 0. The molecule has 2 amide bonds. The van der Waals surface area contributed by atoms with E-state index in [1.54, 1.807) is 11.8 Å². The van der Waals surface area contributed by atoms with Crippen molar-refractivity contribution in [2.24, 2.45) is 0 Å². The topological polar surface area (TPSA) is 87.7 Å². The van der Waals surface area contributed by atoms with Gasteiger partial charge in [0, 0.05) is 44.1 Å². The molecule has 0 aliphatic carbocycles. The van der Waals surface area contributed by atoms with Crippen LogP contribution in [0.3, 0.4) is 0 Å². The zero-order chi connectivity index (χ0) is 19.1. The van der Waals surface area contributed by atoms with E-state index in [1.807, 2.05) is 18.2 Å². The lowest BCUT2D eigenvalue weighted by molar-refractivity contribution is -0.141. The molecule has 2 aromatic rings. The molecule has 27 heavy (non-hydrogen) atoms. The van der Waals surface area contributed by atoms with Gasteiger partial charge in [0.1, 0.15) is 12.4 Å². The van der Waals surface area contributed by atoms with E-state index in [2.05, 4.69) is 31.7 Å². The summed E-state index contributed by atoms with van der Waals surface area (Å²) in [6.45, 7) is 4.45. The van der Waals surface area contributed by atoms with Gasteiger partial charge in [-0.25, -0.2) is 9.78 Å². The lowest BCUT2D eigenvalue weighted by Gasteiger charge is -2.34. The van der Waals surface area contributed by atoms with Crippen LogP contribution in [0.15, 0.2) is 30.3 Å². The normalized spacial score (nSPS) is 14.1. The maximum atomic E-state index is 12.1. The standard InChI is InChI=1S/C18H23N5O3S/c1-2-26-16(24)13-19-17(25)22-8-10-23(11-9-22)18-20-15(21-27-18)12-14-6-4-3-5-7-14/h3-7H,2,8-13H2,1H3,(H,19,25). The van der Waals surface area contributed by atoms with Gasteiger partial charge in [0.15, 0.2) is 0 Å². The third-order valence-corrected chi connectivity index (χ3v) is 5.00. The Hall–Kier alpha value is -2.68. The molecule has 0 radical (unpaired) electrons. The van der Waals surface area contributed by atoms with Crippen LogP contribution in [-0.4, -0.2) is 65.6 Å². The summed E-state index contributed by atoms with van der Waals surface area (Å²) < 4.78 is 9.26. The average molecular weight is 389 g/mol. The fraction of sp³-hybridized carbons (Fsp3) is 0.444. The third-order valence-electron chi connectivity index (χ3n) is 4.19. The monoisotopic (exact) mass is 389 g/mol. The van der Waals surface area contributed by atoms with Crippen LogP contribution < -0.4 is 10.2 Å². The van der Waals surface area contributed by atoms with Gasteiger partial charge in [-0.1, -0.05) is 30.3 Å². The van der Waals surface area contributed by atoms with Crippen LogP contribution in [0, 0.1) is 0 Å². The van der Waals surface area contributed by atoms with Crippen molar-refractivity contribution in [1.29, 1.82) is 0 Å². The van der Waals surface area contributed by atoms with Crippen molar-refractivity contribution >= 4 is 28.7 Å². The van der Waals surface area contributed by atoms with E-state index in [-0.39, 0.29) is 12.6 Å². The maximum Gasteiger partial charge on any atom is 0.325 e. The number of ether oxygens (including phenoxy) is 1. The number of amides is 2. The van der Waals surface area contributed by atoms with E-state index in [9.17, 15) is 9.59 Å². The number of piperazine rings is 1. The first-order valence-electron chi connectivity index (χ1n) is 8.95. The molecule has 1 N–H and O–H groups in total. The second kappa shape index (κ2) is 9.31. The third kappa shape index (κ3) is 5.40. The summed E-state index contributed by atoms with van der Waals surface area (Å²) in [4.78, 5) is 31.9. The number of esters is 1. The maximum absolute atomic E-state index is 12.1. The first-order chi connectivity index (χ1) is 13.2. The van der Waals surface area contributed by atoms with Gasteiger partial charge < -0.3 is 19.9 Å². The zero-order valence-corrected chi connectivity index (χ0v) is 16.1. The summed E-state index contributed by atoms with van der Waals surface area (Å²) in [5, 5.41) is 3.47. The fourth-order valence-corrected chi connectivity index (χ4v) is 3.53. The molecule has 1 aliphatic heterocycles. The van der Waals surface area contributed by atoms with Gasteiger partial charge in [0.05, 0.1) is 6.61 Å². The van der Waals surface area contributed by atoms with Crippen LogP contribution in [0.5, 0.6) is 0 Å². The summed E-state index contributed by atoms with van der Waals surface area (Å²) >= 11 is 1.39. The predicted octanol–water partition coefficient (Wildman–Crippen LogP) is 1.52. The van der Waals surface area contributed by atoms with E-state index in [4.69, 9.17) is 4.74 Å². The number of carbonyl (C=O) groups is 2. The summed E-state index contributed by atoms with van der Waals surface area (Å²) in [5.74, 6) is 0.389. The van der Waals surface area contributed by atoms with Crippen molar-refractivity contribution < 1.29 is 14.3 Å². The van der Waals surface area contributed by atoms with Crippen molar-refractivity contribution in [3.8, 4) is 0 Å². The van der Waals surface area contributed by atoms with E-state index in [0.29, 0.717) is 39.2 Å². The Morgan fingerprint density at radius 2 is 1.93 bits per heavy atom. The number of hydrogen-bond donors (Lipinski definition) is 1. The number of benzene rings is 1. The van der Waals surface area contributed by atoms with Crippen molar-refractivity contribution in [1.82, 2.24) is 19.6 Å². The molecule has 8 nitrogen and oxygen atoms in total. The van der Waals surface area contributed by atoms with Crippen molar-refractivity contribution in [3.05, 3.63) is 41.7 Å². The Balaban J connectivity index is 1.46. The Kier molecular flexibility index (Phi) is 6.59. The summed E-state index contributed by atoms with van der Waals surface area (Å²) in [6, 6.07) is 9.89. The molecule has 0 spiro atoms. The second-order valence-electron chi connectivity index (χ2n) is 6.09. The number of anilines is 1. The van der Waals surface area contributed by atoms with Crippen molar-refractivity contribution in [3.63, 3.8) is 0 Å². The first kappa shape index (κ1) is 19.1. The number of urea groups is 1. The molecule has 0 bridgehead atoms. The molecule has 1 aromatic carbocycles. The van der Waals surface area contributed by atoms with Crippen LogP contribution in [-0.2, 0) is 16.0 Å². The highest BCUT2D eigenvalue weighted by molar-refractivity contribution is 7.09. The number of rotatable bonds is 6. The lowest BCUT2D eigenvalue weighted by atomic mass is 10.1. The van der Waals surface area contributed by atoms with E-state index >= 15 is 0 Å². The van der Waals surface area contributed by atoms with Gasteiger partial charge >= 0.3 is 12.0 Å². The minimum Gasteiger partial charge on any atom is -0.465 e. The van der Waals surface area contributed by atoms with E-state index in [0.717, 1.165) is 11.0 Å². The van der Waals surface area contributed by atoms with Crippen molar-refractivity contribution in [2.75, 3.05) is 44.2 Å². The quantitative estimate of drug-likeness (QED) is 0.754. The van der Waals surface area contributed by atoms with Gasteiger partial charge in [0.2, 0.25) is 5.13 Å². The molecule has 9 heteroatoms. The highest BCUT2D eigenvalue weighted by Crippen LogP contribution is 2.20. The highest BCUT2D eigenvalue weighted by Gasteiger charge is 2.23. The van der Waals surface area contributed by atoms with Crippen molar-refractivity contribution in [2.45, 2.75) is 13.3 Å². The largest absolute Gasteiger partial charge is 0.465 e. The van der Waals surface area contributed by atoms with Crippen LogP contribution in [0.4, 0.5) is 9.93 Å². The first-order valence-corrected chi connectivity index (χ1v) is 9.73. The van der Waals surface area contributed by atoms with E-state index in [1.165, 1.54) is 17.1 Å². The Morgan fingerprint density at radius 3 is 2.63 bits per heavy atom. The number of carbonyl (C=O) groups excluding carboxylic acids is 2. The Morgan fingerprint density at radius 1 is 1.19 bits per heavy atom. The highest BCUT2D eigenvalue weighted by atomic mass is 32.1. The van der Waals surface area contributed by atoms with E-state index < -0.39 is 5.97 Å². The molecule has 0 atom stereocenters. The molecule has 3 rings (SSSR count). The van der Waals surface area contributed by atoms with Gasteiger partial charge in [0.25, 0.3) is 0 Å². The molecular formula is C18H23N5O3S. The molecule has 144 valence electrons.